The zero-order valence-corrected chi connectivity index (χ0v) is 20.8. The van der Waals surface area contributed by atoms with E-state index in [9.17, 15) is 14.7 Å². The topological polar surface area (TPSA) is 84.9 Å². The van der Waals surface area contributed by atoms with Crippen LogP contribution in [0.1, 0.15) is 60.8 Å². The molecule has 4 aliphatic rings. The number of hydrogen-bond acceptors (Lipinski definition) is 5. The van der Waals surface area contributed by atoms with Gasteiger partial charge < -0.3 is 19.7 Å². The van der Waals surface area contributed by atoms with Crippen molar-refractivity contribution >= 4 is 30.3 Å². The van der Waals surface area contributed by atoms with Crippen molar-refractivity contribution in [2.24, 2.45) is 17.3 Å². The average molecular weight is 481 g/mol. The van der Waals surface area contributed by atoms with Gasteiger partial charge in [0.1, 0.15) is 0 Å². The summed E-state index contributed by atoms with van der Waals surface area (Å²) in [5.41, 5.74) is 0.932. The SMILES string of the molecule is CC1(C)C2CC3OB(C(Cc4cccc(C(=O)O)c4)NC(=O)CCc4cccs4)OC3(C)C1C2. The Morgan fingerprint density at radius 1 is 1.24 bits per heavy atom. The van der Waals surface area contributed by atoms with Gasteiger partial charge in [-0.15, -0.1) is 11.3 Å². The van der Waals surface area contributed by atoms with Gasteiger partial charge in [0.25, 0.3) is 0 Å². The van der Waals surface area contributed by atoms with Crippen molar-refractivity contribution in [2.75, 3.05) is 0 Å². The van der Waals surface area contributed by atoms with E-state index >= 15 is 0 Å². The lowest BCUT2D eigenvalue weighted by atomic mass is 9.43. The standard InChI is InChI=1S/C26H32BNO5S/c1-25(2)18-14-20(25)26(3)21(15-18)32-27(33-26)22(13-16-6-4-7-17(12-16)24(30)31)28-23(29)10-9-19-8-5-11-34-19/h4-8,11-12,18,20-22H,9-10,13-15H2,1-3H3,(H,28,29)(H,30,31). The molecule has 2 aromatic rings. The Bertz CT molecular complexity index is 1070. The molecule has 1 aromatic carbocycles. The third-order valence-electron chi connectivity index (χ3n) is 8.45. The second-order valence-corrected chi connectivity index (χ2v) is 11.8. The van der Waals surface area contributed by atoms with Crippen molar-refractivity contribution in [3.8, 4) is 0 Å². The van der Waals surface area contributed by atoms with Crippen LogP contribution in [0.25, 0.3) is 0 Å². The number of carboxylic acid groups (broad SMARTS) is 1. The first kappa shape index (κ1) is 23.6. The smallest absolute Gasteiger partial charge is 0.478 e. The Balaban J connectivity index is 1.34. The minimum Gasteiger partial charge on any atom is -0.478 e. The van der Waals surface area contributed by atoms with E-state index in [4.69, 9.17) is 9.31 Å². The molecule has 2 N–H and O–H groups in total. The van der Waals surface area contributed by atoms with Crippen LogP contribution in [0.5, 0.6) is 0 Å². The first-order valence-corrected chi connectivity index (χ1v) is 13.0. The zero-order chi connectivity index (χ0) is 24.1. The molecule has 0 radical (unpaired) electrons. The minimum absolute atomic E-state index is 0.0187. The Labute approximate surface area is 205 Å². The number of amides is 1. The lowest BCUT2D eigenvalue weighted by Gasteiger charge is -2.64. The molecule has 0 spiro atoms. The van der Waals surface area contributed by atoms with Gasteiger partial charge in [-0.3, -0.25) is 4.79 Å². The third-order valence-corrected chi connectivity index (χ3v) is 9.39. The molecule has 3 aliphatic carbocycles. The second-order valence-electron chi connectivity index (χ2n) is 10.8. The summed E-state index contributed by atoms with van der Waals surface area (Å²) in [5.74, 6) is -0.345. The molecule has 8 heteroatoms. The molecule has 5 atom stereocenters. The minimum atomic E-state index is -0.965. The van der Waals surface area contributed by atoms with Crippen LogP contribution in [0.4, 0.5) is 0 Å². The number of carbonyl (C=O) groups is 2. The average Bonchev–Trinajstić information content (AvgIpc) is 3.44. The molecule has 180 valence electrons. The van der Waals surface area contributed by atoms with E-state index in [0.717, 1.165) is 18.4 Å². The first-order valence-electron chi connectivity index (χ1n) is 12.1. The maximum atomic E-state index is 12.9. The Hall–Kier alpha value is -2.16. The number of rotatable bonds is 8. The Kier molecular flexibility index (Phi) is 6.11. The summed E-state index contributed by atoms with van der Waals surface area (Å²) in [5, 5.41) is 14.6. The van der Waals surface area contributed by atoms with Crippen LogP contribution in [0.3, 0.4) is 0 Å². The highest BCUT2D eigenvalue weighted by atomic mass is 32.1. The predicted octanol–water partition coefficient (Wildman–Crippen LogP) is 4.37. The predicted molar refractivity (Wildman–Crippen MR) is 132 cm³/mol. The normalized spacial score (nSPS) is 29.7. The zero-order valence-electron chi connectivity index (χ0n) is 20.0. The van der Waals surface area contributed by atoms with Gasteiger partial charge in [0.2, 0.25) is 5.91 Å². The molecular formula is C26H32BNO5S. The van der Waals surface area contributed by atoms with Gasteiger partial charge >= 0.3 is 13.1 Å². The van der Waals surface area contributed by atoms with Gasteiger partial charge in [0.15, 0.2) is 0 Å². The molecule has 1 amide bonds. The van der Waals surface area contributed by atoms with Gasteiger partial charge in [0.05, 0.1) is 23.2 Å². The molecule has 3 saturated carbocycles. The van der Waals surface area contributed by atoms with Crippen LogP contribution in [0.2, 0.25) is 0 Å². The van der Waals surface area contributed by atoms with Crippen molar-refractivity contribution in [1.29, 1.82) is 0 Å². The molecular weight excluding hydrogens is 449 g/mol. The number of benzene rings is 1. The van der Waals surface area contributed by atoms with E-state index in [0.29, 0.717) is 31.1 Å². The molecule has 1 saturated heterocycles. The molecule has 6 nitrogen and oxygen atoms in total. The maximum Gasteiger partial charge on any atom is 0.482 e. The molecule has 1 aliphatic heterocycles. The largest absolute Gasteiger partial charge is 0.482 e. The summed E-state index contributed by atoms with van der Waals surface area (Å²) in [6.07, 6.45) is 3.67. The molecule has 5 unspecified atom stereocenters. The van der Waals surface area contributed by atoms with Crippen molar-refractivity contribution in [3.63, 3.8) is 0 Å². The van der Waals surface area contributed by atoms with Crippen molar-refractivity contribution in [3.05, 3.63) is 57.8 Å². The van der Waals surface area contributed by atoms with E-state index in [-0.39, 0.29) is 28.6 Å². The molecule has 34 heavy (non-hydrogen) atoms. The number of nitrogens with one attached hydrogen (secondary N) is 1. The monoisotopic (exact) mass is 481 g/mol. The maximum absolute atomic E-state index is 12.9. The summed E-state index contributed by atoms with van der Waals surface area (Å²) in [7, 11) is -0.565. The van der Waals surface area contributed by atoms with E-state index in [1.807, 2.05) is 23.6 Å². The summed E-state index contributed by atoms with van der Waals surface area (Å²) < 4.78 is 13.1. The van der Waals surface area contributed by atoms with Crippen molar-refractivity contribution < 1.29 is 24.0 Å². The summed E-state index contributed by atoms with van der Waals surface area (Å²) in [4.78, 5) is 25.6. The third kappa shape index (κ3) is 4.21. The fourth-order valence-electron chi connectivity index (χ4n) is 6.34. The lowest BCUT2D eigenvalue weighted by Crippen LogP contribution is -2.65. The molecule has 4 fully saturated rings. The highest BCUT2D eigenvalue weighted by molar-refractivity contribution is 7.09. The quantitative estimate of drug-likeness (QED) is 0.547. The number of thiophene rings is 1. The van der Waals surface area contributed by atoms with Crippen LogP contribution in [0.15, 0.2) is 41.8 Å². The Morgan fingerprint density at radius 2 is 2.06 bits per heavy atom. The van der Waals surface area contributed by atoms with Gasteiger partial charge in [-0.25, -0.2) is 4.79 Å². The van der Waals surface area contributed by atoms with Crippen molar-refractivity contribution in [1.82, 2.24) is 5.32 Å². The second kappa shape index (κ2) is 8.81. The summed E-state index contributed by atoms with van der Waals surface area (Å²) in [6, 6.07) is 10.9. The van der Waals surface area contributed by atoms with Crippen LogP contribution >= 0.6 is 11.3 Å². The highest BCUT2D eigenvalue weighted by Gasteiger charge is 2.68. The molecule has 2 heterocycles. The van der Waals surface area contributed by atoms with Crippen LogP contribution in [-0.2, 0) is 26.9 Å². The van der Waals surface area contributed by atoms with E-state index < -0.39 is 19.0 Å². The summed E-state index contributed by atoms with van der Waals surface area (Å²) >= 11 is 1.65. The number of carbonyl (C=O) groups excluding carboxylic acids is 1. The van der Waals surface area contributed by atoms with Gasteiger partial charge in [-0.1, -0.05) is 32.0 Å². The van der Waals surface area contributed by atoms with Crippen LogP contribution in [0, 0.1) is 17.3 Å². The van der Waals surface area contributed by atoms with E-state index in [2.05, 4.69) is 26.1 Å². The van der Waals surface area contributed by atoms with Crippen molar-refractivity contribution in [2.45, 2.75) is 70.5 Å². The number of hydrogen-bond donors (Lipinski definition) is 2. The van der Waals surface area contributed by atoms with E-state index in [1.54, 1.807) is 29.5 Å². The fourth-order valence-corrected chi connectivity index (χ4v) is 7.05. The lowest BCUT2D eigenvalue weighted by molar-refractivity contribution is -0.199. The van der Waals surface area contributed by atoms with Crippen LogP contribution < -0.4 is 5.32 Å². The number of aromatic carboxylic acids is 1. The highest BCUT2D eigenvalue weighted by Crippen LogP contribution is 2.65. The van der Waals surface area contributed by atoms with Gasteiger partial charge in [-0.2, -0.15) is 0 Å². The van der Waals surface area contributed by atoms with Gasteiger partial charge in [0, 0.05) is 11.3 Å². The van der Waals surface area contributed by atoms with Gasteiger partial charge in [-0.05, 0) is 79.0 Å². The molecule has 6 rings (SSSR count). The number of aryl methyl sites for hydroxylation is 1. The molecule has 1 aromatic heterocycles. The molecule has 2 bridgehead atoms. The number of carboxylic acids is 1. The van der Waals surface area contributed by atoms with Crippen LogP contribution in [-0.4, -0.2) is 41.7 Å². The Morgan fingerprint density at radius 3 is 2.76 bits per heavy atom. The fraction of sp³-hybridized carbons (Fsp3) is 0.538. The first-order chi connectivity index (χ1) is 16.2. The summed E-state index contributed by atoms with van der Waals surface area (Å²) in [6.45, 7) is 6.82. The van der Waals surface area contributed by atoms with E-state index in [1.165, 1.54) is 4.88 Å².